The monoisotopic (exact) mass is 156 g/mol. The Labute approximate surface area is 64.6 Å². The first-order valence-electron chi connectivity index (χ1n) is 3.83. The van der Waals surface area contributed by atoms with Gasteiger partial charge in [0, 0.05) is 5.92 Å². The molecule has 0 saturated heterocycles. The fourth-order valence-electron chi connectivity index (χ4n) is 1.05. The van der Waals surface area contributed by atoms with Crippen LogP contribution in [0, 0.1) is 0 Å². The second-order valence-corrected chi connectivity index (χ2v) is 2.46. The lowest BCUT2D eigenvalue weighted by atomic mass is 10.0. The molecule has 0 spiro atoms. The van der Waals surface area contributed by atoms with Gasteiger partial charge in [0.05, 0.1) is 0 Å². The van der Waals surface area contributed by atoms with Gasteiger partial charge in [-0.25, -0.2) is 9.89 Å². The first-order valence-corrected chi connectivity index (χ1v) is 3.83. The van der Waals surface area contributed by atoms with Crippen molar-refractivity contribution < 1.29 is 4.42 Å². The van der Waals surface area contributed by atoms with E-state index in [0.717, 1.165) is 12.8 Å². The van der Waals surface area contributed by atoms with Gasteiger partial charge in [-0.1, -0.05) is 13.8 Å². The summed E-state index contributed by atoms with van der Waals surface area (Å²) in [5.41, 5.74) is 0. The molecule has 0 atom stereocenters. The van der Waals surface area contributed by atoms with Crippen molar-refractivity contribution in [2.24, 2.45) is 0 Å². The second kappa shape index (κ2) is 3.37. The Bertz CT molecular complexity index is 259. The Morgan fingerprint density at radius 1 is 1.55 bits per heavy atom. The summed E-state index contributed by atoms with van der Waals surface area (Å²) in [6.07, 6.45) is 1.90. The molecule has 1 rings (SSSR count). The fraction of sp³-hybridized carbons (Fsp3) is 0.714. The van der Waals surface area contributed by atoms with Crippen molar-refractivity contribution in [2.45, 2.75) is 32.6 Å². The summed E-state index contributed by atoms with van der Waals surface area (Å²) >= 11 is 0. The Morgan fingerprint density at radius 2 is 2.18 bits per heavy atom. The van der Waals surface area contributed by atoms with E-state index in [2.05, 4.69) is 10.2 Å². The van der Waals surface area contributed by atoms with Crippen LogP contribution >= 0.6 is 0 Å². The predicted octanol–water partition coefficient (Wildman–Crippen LogP) is 1.27. The van der Waals surface area contributed by atoms with Crippen molar-refractivity contribution in [3.05, 3.63) is 16.4 Å². The Balaban J connectivity index is 2.81. The van der Waals surface area contributed by atoms with Crippen molar-refractivity contribution in [2.75, 3.05) is 0 Å². The van der Waals surface area contributed by atoms with Crippen molar-refractivity contribution in [3.63, 3.8) is 0 Å². The zero-order valence-electron chi connectivity index (χ0n) is 6.76. The van der Waals surface area contributed by atoms with Crippen molar-refractivity contribution in [1.82, 2.24) is 10.2 Å². The van der Waals surface area contributed by atoms with Crippen LogP contribution in [0.3, 0.4) is 0 Å². The van der Waals surface area contributed by atoms with Gasteiger partial charge in [0.2, 0.25) is 5.89 Å². The van der Waals surface area contributed by atoms with Crippen LogP contribution in [0.4, 0.5) is 0 Å². The standard InChI is InChI=1S/C7H12N2O2/c1-3-5(4-2)6-8-9-7(10)11-6/h5H,3-4H2,1-2H3,(H,9,10). The molecule has 0 aromatic carbocycles. The third kappa shape index (κ3) is 1.69. The first kappa shape index (κ1) is 8.04. The molecule has 0 aliphatic rings. The van der Waals surface area contributed by atoms with Crippen LogP contribution in [0.1, 0.15) is 38.5 Å². The maximum absolute atomic E-state index is 10.5. The quantitative estimate of drug-likeness (QED) is 0.716. The Morgan fingerprint density at radius 3 is 2.55 bits per heavy atom. The van der Waals surface area contributed by atoms with E-state index < -0.39 is 5.76 Å². The molecule has 4 heteroatoms. The van der Waals surface area contributed by atoms with Gasteiger partial charge >= 0.3 is 5.76 Å². The van der Waals surface area contributed by atoms with Crippen LogP contribution in [0.5, 0.6) is 0 Å². The molecule has 0 amide bonds. The van der Waals surface area contributed by atoms with E-state index in [1.165, 1.54) is 0 Å². The molecule has 4 nitrogen and oxygen atoms in total. The maximum Gasteiger partial charge on any atom is 0.434 e. The second-order valence-electron chi connectivity index (χ2n) is 2.46. The van der Waals surface area contributed by atoms with Crippen molar-refractivity contribution >= 4 is 0 Å². The first-order chi connectivity index (χ1) is 5.27. The number of rotatable bonds is 3. The van der Waals surface area contributed by atoms with Crippen molar-refractivity contribution in [3.8, 4) is 0 Å². The van der Waals surface area contributed by atoms with Crippen LogP contribution < -0.4 is 5.76 Å². The number of H-pyrrole nitrogens is 1. The van der Waals surface area contributed by atoms with Gasteiger partial charge < -0.3 is 4.42 Å². The van der Waals surface area contributed by atoms with Crippen LogP contribution in [-0.4, -0.2) is 10.2 Å². The topological polar surface area (TPSA) is 58.9 Å². The largest absolute Gasteiger partial charge is 0.434 e. The smallest absolute Gasteiger partial charge is 0.392 e. The van der Waals surface area contributed by atoms with Gasteiger partial charge in [-0.3, -0.25) is 0 Å². The summed E-state index contributed by atoms with van der Waals surface area (Å²) in [6.45, 7) is 4.09. The molecular weight excluding hydrogens is 144 g/mol. The lowest BCUT2D eigenvalue weighted by Gasteiger charge is -2.03. The number of nitrogens with one attached hydrogen (secondary N) is 1. The highest BCUT2D eigenvalue weighted by Crippen LogP contribution is 2.18. The molecule has 1 aromatic heterocycles. The number of hydrogen-bond donors (Lipinski definition) is 1. The third-order valence-corrected chi connectivity index (χ3v) is 1.79. The lowest BCUT2D eigenvalue weighted by molar-refractivity contribution is 0.411. The van der Waals surface area contributed by atoms with E-state index in [9.17, 15) is 4.79 Å². The number of aromatic nitrogens is 2. The maximum atomic E-state index is 10.5. The van der Waals surface area contributed by atoms with Crippen molar-refractivity contribution in [1.29, 1.82) is 0 Å². The minimum absolute atomic E-state index is 0.272. The lowest BCUT2D eigenvalue weighted by Crippen LogP contribution is -1.95. The molecule has 0 saturated carbocycles. The fourth-order valence-corrected chi connectivity index (χ4v) is 1.05. The van der Waals surface area contributed by atoms with Crippen LogP contribution in [0.2, 0.25) is 0 Å². The van der Waals surface area contributed by atoms with Crippen LogP contribution in [-0.2, 0) is 0 Å². The summed E-state index contributed by atoms with van der Waals surface area (Å²) in [4.78, 5) is 10.5. The molecule has 62 valence electrons. The minimum Gasteiger partial charge on any atom is -0.392 e. The van der Waals surface area contributed by atoms with E-state index in [-0.39, 0.29) is 5.92 Å². The predicted molar refractivity (Wildman–Crippen MR) is 40.4 cm³/mol. The number of hydrogen-bond acceptors (Lipinski definition) is 3. The van der Waals surface area contributed by atoms with Gasteiger partial charge in [-0.15, -0.1) is 5.10 Å². The summed E-state index contributed by atoms with van der Waals surface area (Å²) in [7, 11) is 0. The van der Waals surface area contributed by atoms with Gasteiger partial charge in [-0.05, 0) is 12.8 Å². The molecule has 1 heterocycles. The number of aromatic amines is 1. The Hall–Kier alpha value is -1.06. The highest BCUT2D eigenvalue weighted by Gasteiger charge is 2.12. The molecule has 1 aromatic rings. The normalized spacial score (nSPS) is 10.8. The molecule has 0 unspecified atom stereocenters. The third-order valence-electron chi connectivity index (χ3n) is 1.79. The average Bonchev–Trinajstić information content (AvgIpc) is 2.39. The van der Waals surface area contributed by atoms with E-state index in [4.69, 9.17) is 4.42 Å². The summed E-state index contributed by atoms with van der Waals surface area (Å²) in [6, 6.07) is 0. The molecule has 0 bridgehead atoms. The molecule has 0 aliphatic heterocycles. The summed E-state index contributed by atoms with van der Waals surface area (Å²) in [5, 5.41) is 6.00. The molecule has 11 heavy (non-hydrogen) atoms. The molecule has 0 radical (unpaired) electrons. The van der Waals surface area contributed by atoms with E-state index in [1.54, 1.807) is 0 Å². The highest BCUT2D eigenvalue weighted by atomic mass is 16.4. The van der Waals surface area contributed by atoms with Crippen LogP contribution in [0.25, 0.3) is 0 Å². The van der Waals surface area contributed by atoms with Crippen LogP contribution in [0.15, 0.2) is 9.21 Å². The molecule has 0 aliphatic carbocycles. The average molecular weight is 156 g/mol. The summed E-state index contributed by atoms with van der Waals surface area (Å²) in [5.74, 6) is 0.334. The zero-order valence-corrected chi connectivity index (χ0v) is 6.76. The van der Waals surface area contributed by atoms with Gasteiger partial charge in [0.1, 0.15) is 0 Å². The van der Waals surface area contributed by atoms with E-state index in [0.29, 0.717) is 5.89 Å². The van der Waals surface area contributed by atoms with E-state index in [1.807, 2.05) is 13.8 Å². The Kier molecular flexibility index (Phi) is 2.46. The molecular formula is C7H12N2O2. The molecule has 1 N–H and O–H groups in total. The minimum atomic E-state index is -0.466. The summed E-state index contributed by atoms with van der Waals surface area (Å²) < 4.78 is 4.81. The number of nitrogens with zero attached hydrogens (tertiary/aromatic N) is 1. The zero-order chi connectivity index (χ0) is 8.27. The van der Waals surface area contributed by atoms with Gasteiger partial charge in [-0.2, -0.15) is 0 Å². The van der Waals surface area contributed by atoms with E-state index >= 15 is 0 Å². The van der Waals surface area contributed by atoms with Gasteiger partial charge in [0.25, 0.3) is 0 Å². The highest BCUT2D eigenvalue weighted by molar-refractivity contribution is 4.85. The molecule has 0 fully saturated rings. The SMILES string of the molecule is CCC(CC)c1n[nH]c(=O)o1. The van der Waals surface area contributed by atoms with Gasteiger partial charge in [0.15, 0.2) is 0 Å².